The Hall–Kier alpha value is -3.44. The summed E-state index contributed by atoms with van der Waals surface area (Å²) < 4.78 is 31.8. The Balaban J connectivity index is 1.91. The van der Waals surface area contributed by atoms with E-state index in [4.69, 9.17) is 16.2 Å². The Bertz CT molecular complexity index is 1070. The standard InChI is InChI=1S/C21H26N4O6S/c1-15-8-10-17(11-9-15)32(29,30)25-20(22)24-13-5-12-21(23,18(26)27)19(28)31-14-16-6-3-2-4-7-16/h2-4,6-11H,5,12-14,23H2,1H3,(H,26,27)(H3,22,24,25)/t21-/m0/s1. The Labute approximate surface area is 186 Å². The second-order valence-corrected chi connectivity index (χ2v) is 8.81. The zero-order valence-electron chi connectivity index (χ0n) is 17.5. The lowest BCUT2D eigenvalue weighted by Crippen LogP contribution is -2.55. The van der Waals surface area contributed by atoms with Crippen LogP contribution in [0.4, 0.5) is 0 Å². The van der Waals surface area contributed by atoms with Gasteiger partial charge in [-0.05, 0) is 37.5 Å². The minimum atomic E-state index is -3.90. The monoisotopic (exact) mass is 462 g/mol. The van der Waals surface area contributed by atoms with Gasteiger partial charge in [-0.1, -0.05) is 48.0 Å². The molecule has 0 amide bonds. The predicted molar refractivity (Wildman–Crippen MR) is 118 cm³/mol. The Morgan fingerprint density at radius 2 is 1.75 bits per heavy atom. The van der Waals surface area contributed by atoms with E-state index in [9.17, 15) is 23.1 Å². The van der Waals surface area contributed by atoms with Gasteiger partial charge in [0.05, 0.1) is 4.90 Å². The van der Waals surface area contributed by atoms with E-state index in [0.29, 0.717) is 5.56 Å². The number of aryl methyl sites for hydroxylation is 1. The molecule has 0 spiro atoms. The van der Waals surface area contributed by atoms with Crippen LogP contribution in [0.15, 0.2) is 64.5 Å². The summed E-state index contributed by atoms with van der Waals surface area (Å²) in [6.07, 6.45) is -0.229. The van der Waals surface area contributed by atoms with E-state index in [1.165, 1.54) is 12.1 Å². The van der Waals surface area contributed by atoms with Gasteiger partial charge < -0.3 is 21.3 Å². The van der Waals surface area contributed by atoms with Crippen LogP contribution >= 0.6 is 0 Å². The zero-order valence-corrected chi connectivity index (χ0v) is 18.3. The molecule has 11 heteroatoms. The molecule has 0 aliphatic carbocycles. The highest BCUT2D eigenvalue weighted by Gasteiger charge is 2.43. The number of hydrogen-bond donors (Lipinski definition) is 4. The number of aliphatic imine (C=N–C) groups is 1. The summed E-state index contributed by atoms with van der Waals surface area (Å²) in [4.78, 5) is 27.8. The molecule has 0 aliphatic heterocycles. The topological polar surface area (TPSA) is 174 Å². The van der Waals surface area contributed by atoms with E-state index in [0.717, 1.165) is 5.56 Å². The molecule has 2 aromatic carbocycles. The van der Waals surface area contributed by atoms with Crippen LogP contribution < -0.4 is 16.2 Å². The van der Waals surface area contributed by atoms with E-state index >= 15 is 0 Å². The number of hydrogen-bond acceptors (Lipinski definition) is 7. The third kappa shape index (κ3) is 6.79. The first kappa shape index (κ1) is 24.8. The molecule has 10 nitrogen and oxygen atoms in total. The van der Waals surface area contributed by atoms with Crippen molar-refractivity contribution < 1.29 is 27.9 Å². The summed E-state index contributed by atoms with van der Waals surface area (Å²) in [5.41, 5.74) is 10.7. The largest absolute Gasteiger partial charge is 0.479 e. The number of nitrogens with one attached hydrogen (secondary N) is 1. The molecule has 0 saturated heterocycles. The maximum absolute atomic E-state index is 12.3. The summed E-state index contributed by atoms with van der Waals surface area (Å²) in [6.45, 7) is 1.66. The fourth-order valence-corrected chi connectivity index (χ4v) is 3.60. The normalized spacial score (nSPS) is 13.8. The molecule has 172 valence electrons. The van der Waals surface area contributed by atoms with E-state index in [-0.39, 0.29) is 36.8 Å². The summed E-state index contributed by atoms with van der Waals surface area (Å²) in [7, 11) is -3.90. The smallest absolute Gasteiger partial charge is 0.338 e. The average molecular weight is 463 g/mol. The molecule has 2 aromatic rings. The van der Waals surface area contributed by atoms with Gasteiger partial charge in [-0.15, -0.1) is 0 Å². The minimum absolute atomic E-state index is 0.0225. The van der Waals surface area contributed by atoms with Gasteiger partial charge in [0.1, 0.15) is 6.61 Å². The van der Waals surface area contributed by atoms with Crippen LogP contribution in [0, 0.1) is 6.92 Å². The van der Waals surface area contributed by atoms with Crippen molar-refractivity contribution in [3.63, 3.8) is 0 Å². The molecule has 0 aromatic heterocycles. The maximum Gasteiger partial charge on any atom is 0.338 e. The molecule has 0 heterocycles. The van der Waals surface area contributed by atoms with Gasteiger partial charge in [0, 0.05) is 6.54 Å². The number of benzene rings is 2. The zero-order chi connectivity index (χ0) is 23.8. The molecule has 6 N–H and O–H groups in total. The van der Waals surface area contributed by atoms with Crippen molar-refractivity contribution in [2.75, 3.05) is 6.54 Å². The second kappa shape index (κ2) is 10.7. The quantitative estimate of drug-likeness (QED) is 0.132. The highest BCUT2D eigenvalue weighted by Crippen LogP contribution is 2.15. The van der Waals surface area contributed by atoms with Crippen LogP contribution in [0.25, 0.3) is 0 Å². The maximum atomic E-state index is 12.3. The molecule has 0 fully saturated rings. The first-order chi connectivity index (χ1) is 15.0. The van der Waals surface area contributed by atoms with Gasteiger partial charge in [-0.2, -0.15) is 0 Å². The lowest BCUT2D eigenvalue weighted by atomic mass is 9.95. The van der Waals surface area contributed by atoms with Crippen LogP contribution in [0.3, 0.4) is 0 Å². The molecule has 1 atom stereocenters. The molecule has 0 saturated carbocycles. The molecule has 32 heavy (non-hydrogen) atoms. The highest BCUT2D eigenvalue weighted by molar-refractivity contribution is 7.90. The second-order valence-electron chi connectivity index (χ2n) is 7.13. The van der Waals surface area contributed by atoms with Gasteiger partial charge in [-0.3, -0.25) is 4.99 Å². The van der Waals surface area contributed by atoms with Crippen LogP contribution in [-0.2, 0) is 31.0 Å². The number of sulfonamides is 1. The summed E-state index contributed by atoms with van der Waals surface area (Å²) in [5, 5.41) is 9.43. The first-order valence-corrected chi connectivity index (χ1v) is 11.2. The van der Waals surface area contributed by atoms with Crippen molar-refractivity contribution in [3.8, 4) is 0 Å². The van der Waals surface area contributed by atoms with E-state index < -0.39 is 27.5 Å². The SMILES string of the molecule is Cc1ccc(S(=O)(=O)NC(N)=NCCC[C@](N)(C(=O)O)C(=O)OCc2ccccc2)cc1. The molecule has 0 unspecified atom stereocenters. The Kier molecular flexibility index (Phi) is 8.33. The van der Waals surface area contributed by atoms with Gasteiger partial charge in [0.15, 0.2) is 0 Å². The number of ether oxygens (including phenoxy) is 1. The molecule has 0 radical (unpaired) electrons. The number of guanidine groups is 1. The third-order valence-electron chi connectivity index (χ3n) is 4.54. The van der Waals surface area contributed by atoms with Crippen LogP contribution in [0.2, 0.25) is 0 Å². The fourth-order valence-electron chi connectivity index (χ4n) is 2.65. The van der Waals surface area contributed by atoms with Gasteiger partial charge in [-0.25, -0.2) is 22.7 Å². The van der Waals surface area contributed by atoms with Crippen molar-refractivity contribution >= 4 is 27.9 Å². The lowest BCUT2D eigenvalue weighted by Gasteiger charge is -2.22. The number of carbonyl (C=O) groups is 2. The van der Waals surface area contributed by atoms with Gasteiger partial charge in [0.2, 0.25) is 11.5 Å². The predicted octanol–water partition coefficient (Wildman–Crippen LogP) is 0.894. The van der Waals surface area contributed by atoms with E-state index in [2.05, 4.69) is 9.71 Å². The average Bonchev–Trinajstić information content (AvgIpc) is 2.75. The third-order valence-corrected chi connectivity index (χ3v) is 5.91. The van der Waals surface area contributed by atoms with Crippen molar-refractivity contribution in [1.29, 1.82) is 0 Å². The van der Waals surface area contributed by atoms with Crippen LogP contribution in [0.5, 0.6) is 0 Å². The molecule has 0 aliphatic rings. The van der Waals surface area contributed by atoms with Crippen LogP contribution in [0.1, 0.15) is 24.0 Å². The van der Waals surface area contributed by atoms with Crippen molar-refractivity contribution in [3.05, 3.63) is 65.7 Å². The fraction of sp³-hybridized carbons (Fsp3) is 0.286. The number of nitrogens with two attached hydrogens (primary N) is 2. The molecule has 2 rings (SSSR count). The Morgan fingerprint density at radius 3 is 2.34 bits per heavy atom. The van der Waals surface area contributed by atoms with Crippen LogP contribution in [-0.4, -0.2) is 43.5 Å². The number of rotatable bonds is 10. The highest BCUT2D eigenvalue weighted by atomic mass is 32.2. The van der Waals surface area contributed by atoms with E-state index in [1.807, 2.05) is 6.92 Å². The number of esters is 1. The lowest BCUT2D eigenvalue weighted by molar-refractivity contribution is -0.162. The minimum Gasteiger partial charge on any atom is -0.479 e. The van der Waals surface area contributed by atoms with Crippen molar-refractivity contribution in [1.82, 2.24) is 4.72 Å². The summed E-state index contributed by atoms with van der Waals surface area (Å²) in [6, 6.07) is 14.9. The number of aliphatic carboxylic acids is 1. The van der Waals surface area contributed by atoms with Crippen molar-refractivity contribution in [2.45, 2.75) is 36.8 Å². The number of carboxylic acid groups (broad SMARTS) is 1. The van der Waals surface area contributed by atoms with Gasteiger partial charge >= 0.3 is 11.9 Å². The molecule has 0 bridgehead atoms. The first-order valence-electron chi connectivity index (χ1n) is 9.67. The molecular weight excluding hydrogens is 436 g/mol. The van der Waals surface area contributed by atoms with Gasteiger partial charge in [0.25, 0.3) is 10.0 Å². The summed E-state index contributed by atoms with van der Waals surface area (Å²) in [5.74, 6) is -2.98. The number of carbonyl (C=O) groups excluding carboxylic acids is 1. The Morgan fingerprint density at radius 1 is 1.12 bits per heavy atom. The number of nitrogens with zero attached hydrogens (tertiary/aromatic N) is 1. The summed E-state index contributed by atoms with van der Waals surface area (Å²) >= 11 is 0. The van der Waals surface area contributed by atoms with Crippen molar-refractivity contribution in [2.24, 2.45) is 16.5 Å². The molecular formula is C21H26N4O6S. The number of carboxylic acids is 1. The van der Waals surface area contributed by atoms with E-state index in [1.54, 1.807) is 42.5 Å².